The van der Waals surface area contributed by atoms with Crippen molar-refractivity contribution in [3.05, 3.63) is 24.3 Å². The number of methoxy groups -OCH3 is 1. The van der Waals surface area contributed by atoms with E-state index in [0.717, 1.165) is 0 Å². The Bertz CT molecular complexity index is 489. The zero-order chi connectivity index (χ0) is 13.8. The number of amides is 2. The van der Waals surface area contributed by atoms with Gasteiger partial charge in [-0.15, -0.1) is 0 Å². The van der Waals surface area contributed by atoms with Crippen LogP contribution in [0.5, 0.6) is 5.75 Å². The van der Waals surface area contributed by atoms with Crippen LogP contribution < -0.4 is 10.1 Å². The van der Waals surface area contributed by atoms with E-state index in [0.29, 0.717) is 30.8 Å². The molecule has 2 N–H and O–H groups in total. The lowest BCUT2D eigenvalue weighted by molar-refractivity contribution is -0.141. The first-order valence-corrected chi connectivity index (χ1v) is 6.07. The summed E-state index contributed by atoms with van der Waals surface area (Å²) in [6.45, 7) is 0.456. The second-order valence-corrected chi connectivity index (χ2v) is 4.32. The normalized spacial score (nSPS) is 18.2. The zero-order valence-corrected chi connectivity index (χ0v) is 10.6. The Labute approximate surface area is 111 Å². The standard InChI is InChI=1S/C13H16N2O4/c1-19-11-7-3-2-5-9(11)14-13(18)15-8-4-6-10(15)12(16)17/h2-3,5,7,10H,4,6,8H2,1H3,(H,14,18)(H,16,17)/t10-/m1/s1. The van der Waals surface area contributed by atoms with E-state index >= 15 is 0 Å². The minimum absolute atomic E-state index is 0.408. The molecule has 0 saturated carbocycles. The number of likely N-dealkylation sites (tertiary alicyclic amines) is 1. The highest BCUT2D eigenvalue weighted by molar-refractivity contribution is 5.93. The summed E-state index contributed by atoms with van der Waals surface area (Å²) >= 11 is 0. The summed E-state index contributed by atoms with van der Waals surface area (Å²) in [7, 11) is 1.51. The molecule has 0 unspecified atom stereocenters. The van der Waals surface area contributed by atoms with Crippen molar-refractivity contribution < 1.29 is 19.4 Å². The maximum atomic E-state index is 12.1. The topological polar surface area (TPSA) is 78.9 Å². The number of nitrogens with one attached hydrogen (secondary N) is 1. The van der Waals surface area contributed by atoms with Crippen LogP contribution in [0.2, 0.25) is 0 Å². The number of hydrogen-bond acceptors (Lipinski definition) is 3. The van der Waals surface area contributed by atoms with Gasteiger partial charge in [0.1, 0.15) is 11.8 Å². The molecule has 1 aliphatic rings. The number of carbonyl (C=O) groups excluding carboxylic acids is 1. The largest absolute Gasteiger partial charge is 0.495 e. The van der Waals surface area contributed by atoms with Gasteiger partial charge in [-0.3, -0.25) is 0 Å². The number of aliphatic carboxylic acids is 1. The molecule has 102 valence electrons. The molecule has 1 fully saturated rings. The van der Waals surface area contributed by atoms with Gasteiger partial charge in [-0.25, -0.2) is 9.59 Å². The lowest BCUT2D eigenvalue weighted by Gasteiger charge is -2.22. The van der Waals surface area contributed by atoms with Crippen LogP contribution in [0.1, 0.15) is 12.8 Å². The number of hydrogen-bond donors (Lipinski definition) is 2. The quantitative estimate of drug-likeness (QED) is 0.872. The van der Waals surface area contributed by atoms with E-state index in [4.69, 9.17) is 9.84 Å². The van der Waals surface area contributed by atoms with Gasteiger partial charge in [0.2, 0.25) is 0 Å². The minimum Gasteiger partial charge on any atom is -0.495 e. The van der Waals surface area contributed by atoms with E-state index < -0.39 is 18.0 Å². The average molecular weight is 264 g/mol. The number of carboxylic acids is 1. The average Bonchev–Trinajstić information content (AvgIpc) is 2.88. The Kier molecular flexibility index (Phi) is 3.89. The van der Waals surface area contributed by atoms with Gasteiger partial charge in [-0.2, -0.15) is 0 Å². The Balaban J connectivity index is 2.10. The van der Waals surface area contributed by atoms with E-state index in [1.54, 1.807) is 24.3 Å². The van der Waals surface area contributed by atoms with Gasteiger partial charge in [0.15, 0.2) is 0 Å². The lowest BCUT2D eigenvalue weighted by Crippen LogP contribution is -2.42. The van der Waals surface area contributed by atoms with Crippen molar-refractivity contribution in [3.8, 4) is 5.75 Å². The monoisotopic (exact) mass is 264 g/mol. The van der Waals surface area contributed by atoms with Gasteiger partial charge in [0.25, 0.3) is 0 Å². The molecule has 2 rings (SSSR count). The Hall–Kier alpha value is -2.24. The van der Waals surface area contributed by atoms with Gasteiger partial charge in [-0.1, -0.05) is 12.1 Å². The molecular formula is C13H16N2O4. The number of urea groups is 1. The molecule has 0 spiro atoms. The van der Waals surface area contributed by atoms with Gasteiger partial charge >= 0.3 is 12.0 Å². The third kappa shape index (κ3) is 2.78. The number of rotatable bonds is 3. The maximum absolute atomic E-state index is 12.1. The first-order chi connectivity index (χ1) is 9.13. The minimum atomic E-state index is -0.965. The van der Waals surface area contributed by atoms with E-state index in [2.05, 4.69) is 5.32 Å². The van der Waals surface area contributed by atoms with Gasteiger partial charge in [-0.05, 0) is 25.0 Å². The molecule has 1 heterocycles. The number of carbonyl (C=O) groups is 2. The molecule has 0 radical (unpaired) electrons. The van der Waals surface area contributed by atoms with Crippen molar-refractivity contribution in [1.29, 1.82) is 0 Å². The fourth-order valence-corrected chi connectivity index (χ4v) is 2.20. The Morgan fingerprint density at radius 2 is 2.16 bits per heavy atom. The van der Waals surface area contributed by atoms with E-state index in [9.17, 15) is 9.59 Å². The summed E-state index contributed by atoms with van der Waals surface area (Å²) in [6, 6.07) is 5.86. The van der Waals surface area contributed by atoms with Crippen molar-refractivity contribution in [3.63, 3.8) is 0 Å². The smallest absolute Gasteiger partial charge is 0.326 e. The third-order valence-electron chi connectivity index (χ3n) is 3.15. The van der Waals surface area contributed by atoms with Crippen LogP contribution in [-0.4, -0.2) is 41.7 Å². The van der Waals surface area contributed by atoms with Crippen LogP contribution in [0.25, 0.3) is 0 Å². The summed E-state index contributed by atoms with van der Waals surface area (Å²) in [5, 5.41) is 11.7. The van der Waals surface area contributed by atoms with E-state index in [1.807, 2.05) is 0 Å². The van der Waals surface area contributed by atoms with Crippen molar-refractivity contribution >= 4 is 17.7 Å². The second kappa shape index (κ2) is 5.60. The molecule has 1 aromatic rings. The van der Waals surface area contributed by atoms with Crippen LogP contribution in [0.3, 0.4) is 0 Å². The fraction of sp³-hybridized carbons (Fsp3) is 0.385. The number of para-hydroxylation sites is 2. The number of benzene rings is 1. The molecule has 6 heteroatoms. The van der Waals surface area contributed by atoms with E-state index in [-0.39, 0.29) is 0 Å². The predicted octanol–water partition coefficient (Wildman–Crippen LogP) is 1.78. The summed E-state index contributed by atoms with van der Waals surface area (Å²) in [4.78, 5) is 24.5. The molecule has 0 aromatic heterocycles. The van der Waals surface area contributed by atoms with Crippen LogP contribution in [0.4, 0.5) is 10.5 Å². The van der Waals surface area contributed by atoms with Crippen molar-refractivity contribution in [2.75, 3.05) is 19.0 Å². The summed E-state index contributed by atoms with van der Waals surface area (Å²) in [5.41, 5.74) is 0.533. The molecule has 0 aliphatic carbocycles. The number of carboxylic acid groups (broad SMARTS) is 1. The first kappa shape index (κ1) is 13.2. The number of anilines is 1. The van der Waals surface area contributed by atoms with Gasteiger partial charge in [0, 0.05) is 6.54 Å². The van der Waals surface area contributed by atoms with Crippen LogP contribution >= 0.6 is 0 Å². The molecule has 19 heavy (non-hydrogen) atoms. The zero-order valence-electron chi connectivity index (χ0n) is 10.6. The molecule has 1 saturated heterocycles. The van der Waals surface area contributed by atoms with Gasteiger partial charge in [0.05, 0.1) is 12.8 Å². The van der Waals surface area contributed by atoms with Crippen LogP contribution in [0.15, 0.2) is 24.3 Å². The third-order valence-corrected chi connectivity index (χ3v) is 3.15. The fourth-order valence-electron chi connectivity index (χ4n) is 2.20. The van der Waals surface area contributed by atoms with Gasteiger partial charge < -0.3 is 20.1 Å². The predicted molar refractivity (Wildman–Crippen MR) is 69.4 cm³/mol. The lowest BCUT2D eigenvalue weighted by atomic mass is 10.2. The van der Waals surface area contributed by atoms with Crippen molar-refractivity contribution in [2.24, 2.45) is 0 Å². The maximum Gasteiger partial charge on any atom is 0.326 e. The Morgan fingerprint density at radius 3 is 2.84 bits per heavy atom. The molecule has 2 amide bonds. The highest BCUT2D eigenvalue weighted by atomic mass is 16.5. The molecule has 6 nitrogen and oxygen atoms in total. The Morgan fingerprint density at radius 1 is 1.42 bits per heavy atom. The molecule has 1 atom stereocenters. The van der Waals surface area contributed by atoms with Crippen LogP contribution in [0, 0.1) is 0 Å². The summed E-state index contributed by atoms with van der Waals surface area (Å²) in [5.74, 6) is -0.422. The second-order valence-electron chi connectivity index (χ2n) is 4.32. The first-order valence-electron chi connectivity index (χ1n) is 6.07. The number of ether oxygens (including phenoxy) is 1. The van der Waals surface area contributed by atoms with Crippen LogP contribution in [-0.2, 0) is 4.79 Å². The molecule has 1 aliphatic heterocycles. The molecule has 1 aromatic carbocycles. The summed E-state index contributed by atoms with van der Waals surface area (Å²) in [6.07, 6.45) is 1.20. The molecule has 0 bridgehead atoms. The SMILES string of the molecule is COc1ccccc1NC(=O)N1CCC[C@@H]1C(=O)O. The van der Waals surface area contributed by atoms with Crippen molar-refractivity contribution in [1.82, 2.24) is 4.90 Å². The highest BCUT2D eigenvalue weighted by Gasteiger charge is 2.34. The summed E-state index contributed by atoms with van der Waals surface area (Å²) < 4.78 is 5.13. The molecular weight excluding hydrogens is 248 g/mol. The van der Waals surface area contributed by atoms with E-state index in [1.165, 1.54) is 12.0 Å². The van der Waals surface area contributed by atoms with Crippen molar-refractivity contribution in [2.45, 2.75) is 18.9 Å². The highest BCUT2D eigenvalue weighted by Crippen LogP contribution is 2.25. The number of nitrogens with zero attached hydrogens (tertiary/aromatic N) is 1.